The van der Waals surface area contributed by atoms with Crippen molar-refractivity contribution in [2.75, 3.05) is 6.61 Å². The molecular formula is C16H31NaO4S. The van der Waals surface area contributed by atoms with Gasteiger partial charge in [-0.05, 0) is 19.3 Å². The molecule has 0 rings (SSSR count). The van der Waals surface area contributed by atoms with Crippen molar-refractivity contribution >= 4 is 10.4 Å². The predicted octanol–water partition coefficient (Wildman–Crippen LogP) is 1.72. The maximum atomic E-state index is 10.2. The Balaban J connectivity index is 0. The Bertz CT molecular complexity index is 331. The van der Waals surface area contributed by atoms with Crippen LogP contribution < -0.4 is 29.6 Å². The SMILES string of the molecule is C=CCCCCCCCCCCCCCCOS(=O)(=O)[O-].[Na+]. The molecule has 0 aliphatic carbocycles. The number of rotatable bonds is 16. The van der Waals surface area contributed by atoms with Crippen molar-refractivity contribution in [1.29, 1.82) is 0 Å². The van der Waals surface area contributed by atoms with Crippen LogP contribution in [0.15, 0.2) is 12.7 Å². The van der Waals surface area contributed by atoms with Crippen LogP contribution in [-0.4, -0.2) is 19.6 Å². The molecule has 0 saturated carbocycles. The molecule has 0 aliphatic heterocycles. The molecule has 0 bridgehead atoms. The van der Waals surface area contributed by atoms with Gasteiger partial charge in [0.05, 0.1) is 6.61 Å². The summed E-state index contributed by atoms with van der Waals surface area (Å²) in [5, 5.41) is 0. The smallest absolute Gasteiger partial charge is 0.726 e. The predicted molar refractivity (Wildman–Crippen MR) is 85.9 cm³/mol. The minimum Gasteiger partial charge on any atom is -0.726 e. The third kappa shape index (κ3) is 22.9. The maximum Gasteiger partial charge on any atom is 1.00 e. The monoisotopic (exact) mass is 342 g/mol. The fourth-order valence-electron chi connectivity index (χ4n) is 2.32. The van der Waals surface area contributed by atoms with Crippen molar-refractivity contribution in [3.05, 3.63) is 12.7 Å². The zero-order valence-corrected chi connectivity index (χ0v) is 17.0. The van der Waals surface area contributed by atoms with E-state index in [0.717, 1.165) is 19.3 Å². The standard InChI is InChI=1S/C16H32O4S.Na/c1-2-3-4-5-6-7-8-9-10-11-12-13-14-15-16-20-21(17,18)19;/h2H,1,3-16H2,(H,17,18,19);/q;+1/p-1. The fraction of sp³-hybridized carbons (Fsp3) is 0.875. The van der Waals surface area contributed by atoms with Crippen LogP contribution >= 0.6 is 0 Å². The summed E-state index contributed by atoms with van der Waals surface area (Å²) in [4.78, 5) is 0. The van der Waals surface area contributed by atoms with E-state index in [0.29, 0.717) is 6.42 Å². The Kier molecular flexibility index (Phi) is 20.3. The second kappa shape index (κ2) is 18.0. The molecule has 126 valence electrons. The van der Waals surface area contributed by atoms with Crippen LogP contribution in [0.2, 0.25) is 0 Å². The summed E-state index contributed by atoms with van der Waals surface area (Å²) in [5.74, 6) is 0. The second-order valence-corrected chi connectivity index (χ2v) is 6.60. The third-order valence-corrected chi connectivity index (χ3v) is 3.99. The maximum absolute atomic E-state index is 10.2. The summed E-state index contributed by atoms with van der Waals surface area (Å²) in [5.41, 5.74) is 0. The Morgan fingerprint density at radius 2 is 1.14 bits per heavy atom. The first-order valence-electron chi connectivity index (χ1n) is 8.27. The zero-order valence-electron chi connectivity index (χ0n) is 14.2. The third-order valence-electron chi connectivity index (χ3n) is 3.53. The molecule has 0 saturated heterocycles. The molecule has 0 aromatic rings. The number of hydrogen-bond donors (Lipinski definition) is 0. The van der Waals surface area contributed by atoms with Gasteiger partial charge in [0.25, 0.3) is 0 Å². The van der Waals surface area contributed by atoms with Crippen LogP contribution in [0.5, 0.6) is 0 Å². The molecule has 0 spiro atoms. The molecule has 0 radical (unpaired) electrons. The molecule has 0 aromatic heterocycles. The molecule has 6 heteroatoms. The Hall–Kier alpha value is 0.610. The van der Waals surface area contributed by atoms with E-state index < -0.39 is 10.4 Å². The summed E-state index contributed by atoms with van der Waals surface area (Å²) in [6, 6.07) is 0. The topological polar surface area (TPSA) is 66.4 Å². The van der Waals surface area contributed by atoms with Crippen molar-refractivity contribution in [3.63, 3.8) is 0 Å². The normalized spacial score (nSPS) is 11.1. The molecular weight excluding hydrogens is 311 g/mol. The van der Waals surface area contributed by atoms with E-state index in [4.69, 9.17) is 0 Å². The van der Waals surface area contributed by atoms with Gasteiger partial charge in [0.2, 0.25) is 10.4 Å². The summed E-state index contributed by atoms with van der Waals surface area (Å²) in [7, 11) is -4.50. The first kappa shape index (κ1) is 24.9. The summed E-state index contributed by atoms with van der Waals surface area (Å²) in [6.07, 6.45) is 17.5. The molecule has 0 unspecified atom stereocenters. The van der Waals surface area contributed by atoms with E-state index in [2.05, 4.69) is 10.8 Å². The molecule has 0 amide bonds. The van der Waals surface area contributed by atoms with Gasteiger partial charge in [-0.2, -0.15) is 0 Å². The summed E-state index contributed by atoms with van der Waals surface area (Å²) in [6.45, 7) is 3.75. The number of hydrogen-bond acceptors (Lipinski definition) is 4. The Labute approximate surface area is 159 Å². The largest absolute Gasteiger partial charge is 1.00 e. The van der Waals surface area contributed by atoms with Crippen LogP contribution in [0, 0.1) is 0 Å². The van der Waals surface area contributed by atoms with Crippen molar-refractivity contribution in [1.82, 2.24) is 0 Å². The quantitative estimate of drug-likeness (QED) is 0.141. The summed E-state index contributed by atoms with van der Waals surface area (Å²) < 4.78 is 34.7. The van der Waals surface area contributed by atoms with E-state index in [-0.39, 0.29) is 36.2 Å². The minimum atomic E-state index is -4.50. The zero-order chi connectivity index (χ0) is 15.8. The van der Waals surface area contributed by atoms with Crippen molar-refractivity contribution in [2.24, 2.45) is 0 Å². The van der Waals surface area contributed by atoms with Gasteiger partial charge >= 0.3 is 29.6 Å². The first-order chi connectivity index (χ1) is 10.1. The van der Waals surface area contributed by atoms with Crippen LogP contribution in [0.1, 0.15) is 83.5 Å². The van der Waals surface area contributed by atoms with Crippen LogP contribution in [0.4, 0.5) is 0 Å². The first-order valence-corrected chi connectivity index (χ1v) is 9.61. The van der Waals surface area contributed by atoms with Gasteiger partial charge < -0.3 is 4.55 Å². The Morgan fingerprint density at radius 3 is 1.50 bits per heavy atom. The van der Waals surface area contributed by atoms with Crippen molar-refractivity contribution in [3.8, 4) is 0 Å². The van der Waals surface area contributed by atoms with Gasteiger partial charge in [0.15, 0.2) is 0 Å². The van der Waals surface area contributed by atoms with Crippen molar-refractivity contribution in [2.45, 2.75) is 83.5 Å². The van der Waals surface area contributed by atoms with Crippen molar-refractivity contribution < 1.29 is 46.7 Å². The van der Waals surface area contributed by atoms with Gasteiger partial charge in [-0.25, -0.2) is 8.42 Å². The van der Waals surface area contributed by atoms with Crippen LogP contribution in [0.25, 0.3) is 0 Å². The molecule has 4 nitrogen and oxygen atoms in total. The summed E-state index contributed by atoms with van der Waals surface area (Å²) >= 11 is 0. The average molecular weight is 342 g/mol. The number of unbranched alkanes of at least 4 members (excludes halogenated alkanes) is 12. The second-order valence-electron chi connectivity index (χ2n) is 5.55. The van der Waals surface area contributed by atoms with Gasteiger partial charge in [-0.15, -0.1) is 6.58 Å². The Morgan fingerprint density at radius 1 is 0.773 bits per heavy atom. The molecule has 0 aliphatic rings. The van der Waals surface area contributed by atoms with Gasteiger partial charge in [0, 0.05) is 0 Å². The van der Waals surface area contributed by atoms with Crippen LogP contribution in [-0.2, 0) is 14.6 Å². The molecule has 0 heterocycles. The fourth-order valence-corrected chi connectivity index (χ4v) is 2.64. The molecule has 0 aromatic carbocycles. The number of allylic oxidation sites excluding steroid dienone is 1. The van der Waals surface area contributed by atoms with E-state index in [1.807, 2.05) is 6.08 Å². The minimum absolute atomic E-state index is 0. The molecule has 0 atom stereocenters. The van der Waals surface area contributed by atoms with E-state index in [1.165, 1.54) is 57.8 Å². The van der Waals surface area contributed by atoms with Crippen LogP contribution in [0.3, 0.4) is 0 Å². The molecule has 0 N–H and O–H groups in total. The van der Waals surface area contributed by atoms with E-state index >= 15 is 0 Å². The van der Waals surface area contributed by atoms with Gasteiger partial charge in [-0.3, -0.25) is 4.18 Å². The average Bonchev–Trinajstić information content (AvgIpc) is 2.42. The van der Waals surface area contributed by atoms with E-state index in [1.54, 1.807) is 0 Å². The molecule has 22 heavy (non-hydrogen) atoms. The van der Waals surface area contributed by atoms with E-state index in [9.17, 15) is 13.0 Å². The molecule has 0 fully saturated rings. The van der Waals surface area contributed by atoms with Gasteiger partial charge in [-0.1, -0.05) is 70.3 Å². The van der Waals surface area contributed by atoms with Gasteiger partial charge in [0.1, 0.15) is 0 Å².